The molecule has 0 aliphatic carbocycles. The molecule has 0 bridgehead atoms. The van der Waals surface area contributed by atoms with Gasteiger partial charge < -0.3 is 25.5 Å². The standard InChI is InChI=1S/C19H28N6O7/c1-19(2,3)32-18(31)25-17(20)24-15(28)12-8-7-11(23-12)14(27)21-9-5-4-6-13(16(29)30)22-10-26/h7-8,10,13,23H,4-6,9H2,1-3H3,(H,21,27)(H,22,26)(H,29,30)(H3,20,24,25,28,31)/t13-/m0/s1. The molecule has 7 N–H and O–H groups in total. The number of H-pyrrole nitrogens is 1. The molecule has 0 spiro atoms. The van der Waals surface area contributed by atoms with Crippen LogP contribution in [-0.4, -0.2) is 64.5 Å². The maximum absolute atomic E-state index is 12.1. The number of rotatable bonds is 10. The van der Waals surface area contributed by atoms with Gasteiger partial charge in [0.05, 0.1) is 0 Å². The summed E-state index contributed by atoms with van der Waals surface area (Å²) in [5.41, 5.74) is -0.663. The Morgan fingerprint density at radius 3 is 2.31 bits per heavy atom. The lowest BCUT2D eigenvalue weighted by molar-refractivity contribution is -0.140. The molecule has 13 nitrogen and oxygen atoms in total. The van der Waals surface area contributed by atoms with Crippen LogP contribution in [0.5, 0.6) is 0 Å². The molecule has 0 aromatic carbocycles. The van der Waals surface area contributed by atoms with E-state index in [2.05, 4.69) is 26.3 Å². The van der Waals surface area contributed by atoms with E-state index in [1.54, 1.807) is 20.8 Å². The van der Waals surface area contributed by atoms with Crippen molar-refractivity contribution in [2.45, 2.75) is 51.7 Å². The highest BCUT2D eigenvalue weighted by molar-refractivity contribution is 6.07. The third-order valence-corrected chi connectivity index (χ3v) is 3.81. The number of carboxylic acids is 1. The minimum Gasteiger partial charge on any atom is -0.480 e. The highest BCUT2D eigenvalue weighted by Gasteiger charge is 2.19. The van der Waals surface area contributed by atoms with Gasteiger partial charge in [-0.1, -0.05) is 0 Å². The Kier molecular flexibility index (Phi) is 9.86. The number of amides is 4. The van der Waals surface area contributed by atoms with Gasteiger partial charge in [0.25, 0.3) is 11.8 Å². The van der Waals surface area contributed by atoms with Crippen LogP contribution < -0.4 is 21.3 Å². The normalized spacial score (nSPS) is 11.6. The molecule has 13 heteroatoms. The van der Waals surface area contributed by atoms with Gasteiger partial charge in [-0.2, -0.15) is 0 Å². The zero-order chi connectivity index (χ0) is 24.3. The number of nitrogens with one attached hydrogen (secondary N) is 6. The third kappa shape index (κ3) is 9.73. The molecule has 0 aliphatic rings. The first kappa shape index (κ1) is 26.1. The summed E-state index contributed by atoms with van der Waals surface area (Å²) in [6.07, 6.45) is 0.598. The summed E-state index contributed by atoms with van der Waals surface area (Å²) in [4.78, 5) is 59.8. The Balaban J connectivity index is 2.43. The van der Waals surface area contributed by atoms with E-state index in [-0.39, 0.29) is 24.4 Å². The van der Waals surface area contributed by atoms with Crippen molar-refractivity contribution in [1.82, 2.24) is 26.3 Å². The number of guanidine groups is 1. The number of aliphatic carboxylic acids is 1. The van der Waals surface area contributed by atoms with Gasteiger partial charge in [-0.05, 0) is 52.2 Å². The Labute approximate surface area is 184 Å². The lowest BCUT2D eigenvalue weighted by Crippen LogP contribution is -2.45. The minimum atomic E-state index is -1.13. The van der Waals surface area contributed by atoms with Crippen LogP contribution in [0.4, 0.5) is 4.79 Å². The van der Waals surface area contributed by atoms with E-state index in [0.717, 1.165) is 0 Å². The van der Waals surface area contributed by atoms with Crippen molar-refractivity contribution in [3.8, 4) is 0 Å². The number of hydrogen-bond donors (Lipinski definition) is 7. The molecule has 176 valence electrons. The summed E-state index contributed by atoms with van der Waals surface area (Å²) < 4.78 is 4.97. The first-order valence-corrected chi connectivity index (χ1v) is 9.72. The number of carbonyl (C=O) groups is 5. The van der Waals surface area contributed by atoms with Crippen LogP contribution in [0.15, 0.2) is 12.1 Å². The summed E-state index contributed by atoms with van der Waals surface area (Å²) >= 11 is 0. The first-order chi connectivity index (χ1) is 14.9. The van der Waals surface area contributed by atoms with E-state index in [9.17, 15) is 24.0 Å². The molecule has 1 aromatic heterocycles. The Bertz CT molecular complexity index is 859. The van der Waals surface area contributed by atoms with Gasteiger partial charge >= 0.3 is 12.1 Å². The second kappa shape index (κ2) is 12.1. The molecule has 32 heavy (non-hydrogen) atoms. The summed E-state index contributed by atoms with van der Waals surface area (Å²) in [6, 6.07) is 1.74. The number of alkyl carbamates (subject to hydrolysis) is 1. The van der Waals surface area contributed by atoms with Crippen molar-refractivity contribution < 1.29 is 33.8 Å². The summed E-state index contributed by atoms with van der Waals surface area (Å²) in [6.45, 7) is 5.21. The molecule has 1 aromatic rings. The zero-order valence-corrected chi connectivity index (χ0v) is 18.0. The van der Waals surface area contributed by atoms with Crippen LogP contribution in [-0.2, 0) is 14.3 Å². The van der Waals surface area contributed by atoms with Crippen molar-refractivity contribution in [2.75, 3.05) is 6.54 Å². The van der Waals surface area contributed by atoms with Crippen LogP contribution >= 0.6 is 0 Å². The summed E-state index contributed by atoms with van der Waals surface area (Å²) in [5, 5.41) is 25.6. The van der Waals surface area contributed by atoms with E-state index in [0.29, 0.717) is 19.3 Å². The lowest BCUT2D eigenvalue weighted by Gasteiger charge is -2.19. The van der Waals surface area contributed by atoms with E-state index >= 15 is 0 Å². The van der Waals surface area contributed by atoms with Gasteiger partial charge in [0, 0.05) is 6.54 Å². The highest BCUT2D eigenvalue weighted by atomic mass is 16.6. The smallest absolute Gasteiger partial charge is 0.414 e. The van der Waals surface area contributed by atoms with Gasteiger partial charge in [0.15, 0.2) is 0 Å². The molecule has 1 atom stereocenters. The van der Waals surface area contributed by atoms with Gasteiger partial charge in [-0.3, -0.25) is 30.4 Å². The van der Waals surface area contributed by atoms with Gasteiger partial charge in [0.2, 0.25) is 12.4 Å². The second-order valence-electron chi connectivity index (χ2n) is 7.67. The molecule has 0 unspecified atom stereocenters. The van der Waals surface area contributed by atoms with Crippen molar-refractivity contribution in [3.63, 3.8) is 0 Å². The topological polar surface area (TPSA) is 203 Å². The van der Waals surface area contributed by atoms with Crippen LogP contribution in [0, 0.1) is 5.41 Å². The second-order valence-corrected chi connectivity index (χ2v) is 7.67. The number of hydrogen-bond acceptors (Lipinski definition) is 7. The quantitative estimate of drug-likeness (QED) is 0.114. The summed E-state index contributed by atoms with van der Waals surface area (Å²) in [5.74, 6) is -2.94. The molecule has 4 amide bonds. The maximum atomic E-state index is 12.1. The van der Waals surface area contributed by atoms with Crippen LogP contribution in [0.3, 0.4) is 0 Å². The number of carbonyl (C=O) groups excluding carboxylic acids is 4. The van der Waals surface area contributed by atoms with Crippen LogP contribution in [0.25, 0.3) is 0 Å². The Hall–Kier alpha value is -3.90. The molecular formula is C19H28N6O7. The highest BCUT2D eigenvalue weighted by Crippen LogP contribution is 2.06. The molecule has 0 radical (unpaired) electrons. The molecule has 1 heterocycles. The average molecular weight is 452 g/mol. The predicted molar refractivity (Wildman–Crippen MR) is 112 cm³/mol. The molecular weight excluding hydrogens is 424 g/mol. The van der Waals surface area contributed by atoms with E-state index < -0.39 is 41.5 Å². The monoisotopic (exact) mass is 452 g/mol. The largest absolute Gasteiger partial charge is 0.480 e. The van der Waals surface area contributed by atoms with Crippen molar-refractivity contribution in [3.05, 3.63) is 23.5 Å². The first-order valence-electron chi connectivity index (χ1n) is 9.72. The molecule has 0 saturated heterocycles. The number of aromatic nitrogens is 1. The lowest BCUT2D eigenvalue weighted by atomic mass is 10.1. The van der Waals surface area contributed by atoms with Gasteiger partial charge in [-0.25, -0.2) is 9.59 Å². The predicted octanol–water partition coefficient (Wildman–Crippen LogP) is 0.303. The van der Waals surface area contributed by atoms with E-state index in [1.807, 2.05) is 0 Å². The van der Waals surface area contributed by atoms with E-state index in [4.69, 9.17) is 15.3 Å². The number of ether oxygens (including phenoxy) is 1. The van der Waals surface area contributed by atoms with Crippen molar-refractivity contribution >= 4 is 36.2 Å². The number of unbranched alkanes of at least 4 members (excludes halogenated alkanes) is 1. The average Bonchev–Trinajstić information content (AvgIpc) is 3.15. The van der Waals surface area contributed by atoms with Crippen molar-refractivity contribution in [2.24, 2.45) is 0 Å². The number of aromatic amines is 1. The Morgan fingerprint density at radius 1 is 1.12 bits per heavy atom. The van der Waals surface area contributed by atoms with Gasteiger partial charge in [0.1, 0.15) is 23.0 Å². The van der Waals surface area contributed by atoms with E-state index in [1.165, 1.54) is 12.1 Å². The fraction of sp³-hybridized carbons (Fsp3) is 0.474. The third-order valence-electron chi connectivity index (χ3n) is 3.81. The molecule has 1 rings (SSSR count). The van der Waals surface area contributed by atoms with Crippen LogP contribution in [0.2, 0.25) is 0 Å². The number of carboxylic acid groups (broad SMARTS) is 1. The maximum Gasteiger partial charge on any atom is 0.414 e. The van der Waals surface area contributed by atoms with Crippen LogP contribution in [0.1, 0.15) is 61.0 Å². The summed E-state index contributed by atoms with van der Waals surface area (Å²) in [7, 11) is 0. The zero-order valence-electron chi connectivity index (χ0n) is 18.0. The fourth-order valence-corrected chi connectivity index (χ4v) is 2.41. The van der Waals surface area contributed by atoms with Crippen molar-refractivity contribution in [1.29, 1.82) is 5.41 Å². The molecule has 0 aliphatic heterocycles. The Morgan fingerprint density at radius 2 is 1.75 bits per heavy atom. The van der Waals surface area contributed by atoms with Gasteiger partial charge in [-0.15, -0.1) is 0 Å². The molecule has 0 fully saturated rings. The fourth-order valence-electron chi connectivity index (χ4n) is 2.41. The molecule has 0 saturated carbocycles. The SMILES string of the molecule is CC(C)(C)OC(=O)NC(=N)NC(=O)c1ccc(C(=O)NCCCC[C@H](NC=O)C(=O)O)[nH]1. The minimum absolute atomic E-state index is 0.00451.